The molecular formula is C10H11ClFNO. The SMILES string of the molecule is CC(O)C1(c2cc(Cl)cnc2F)CC1. The highest BCUT2D eigenvalue weighted by Gasteiger charge is 2.50. The zero-order chi connectivity index (χ0) is 10.3. The van der Waals surface area contributed by atoms with Gasteiger partial charge in [-0.1, -0.05) is 11.6 Å². The zero-order valence-corrected chi connectivity index (χ0v) is 8.55. The second-order valence-electron chi connectivity index (χ2n) is 3.82. The Hall–Kier alpha value is -0.670. The summed E-state index contributed by atoms with van der Waals surface area (Å²) in [4.78, 5) is 3.56. The van der Waals surface area contributed by atoms with Crippen molar-refractivity contribution in [1.29, 1.82) is 0 Å². The number of hydrogen-bond acceptors (Lipinski definition) is 2. The van der Waals surface area contributed by atoms with Crippen LogP contribution >= 0.6 is 11.6 Å². The van der Waals surface area contributed by atoms with Gasteiger partial charge in [0.05, 0.1) is 11.1 Å². The number of aromatic nitrogens is 1. The molecule has 1 N–H and O–H groups in total. The van der Waals surface area contributed by atoms with Crippen molar-refractivity contribution in [3.05, 3.63) is 28.8 Å². The first kappa shape index (κ1) is 9.87. The highest BCUT2D eigenvalue weighted by molar-refractivity contribution is 6.30. The Balaban J connectivity index is 2.46. The average Bonchev–Trinajstić information content (AvgIpc) is 2.90. The van der Waals surface area contributed by atoms with Crippen LogP contribution < -0.4 is 0 Å². The van der Waals surface area contributed by atoms with Crippen molar-refractivity contribution < 1.29 is 9.50 Å². The molecule has 0 saturated heterocycles. The first-order valence-corrected chi connectivity index (χ1v) is 4.94. The van der Waals surface area contributed by atoms with E-state index in [9.17, 15) is 9.50 Å². The van der Waals surface area contributed by atoms with Crippen molar-refractivity contribution in [2.45, 2.75) is 31.3 Å². The maximum absolute atomic E-state index is 13.4. The molecule has 0 spiro atoms. The molecule has 1 atom stereocenters. The van der Waals surface area contributed by atoms with Gasteiger partial charge in [-0.2, -0.15) is 4.39 Å². The van der Waals surface area contributed by atoms with Crippen LogP contribution in [-0.4, -0.2) is 16.2 Å². The summed E-state index contributed by atoms with van der Waals surface area (Å²) in [6.07, 6.45) is 2.31. The van der Waals surface area contributed by atoms with E-state index >= 15 is 0 Å². The number of aliphatic hydroxyl groups is 1. The molecule has 0 radical (unpaired) electrons. The molecule has 1 aromatic heterocycles. The van der Waals surface area contributed by atoms with Crippen molar-refractivity contribution >= 4 is 11.6 Å². The Labute approximate surface area is 86.7 Å². The van der Waals surface area contributed by atoms with Crippen LogP contribution in [0, 0.1) is 5.95 Å². The molecule has 1 aromatic rings. The van der Waals surface area contributed by atoms with Crippen LogP contribution in [0.5, 0.6) is 0 Å². The number of rotatable bonds is 2. The lowest BCUT2D eigenvalue weighted by atomic mass is 9.92. The summed E-state index contributed by atoms with van der Waals surface area (Å²) >= 11 is 5.74. The number of halogens is 2. The van der Waals surface area contributed by atoms with E-state index in [0.717, 1.165) is 12.8 Å². The zero-order valence-electron chi connectivity index (χ0n) is 7.80. The van der Waals surface area contributed by atoms with Gasteiger partial charge in [-0.05, 0) is 25.8 Å². The van der Waals surface area contributed by atoms with Gasteiger partial charge in [0.25, 0.3) is 0 Å². The molecule has 0 amide bonds. The van der Waals surface area contributed by atoms with Crippen LogP contribution in [0.4, 0.5) is 4.39 Å². The summed E-state index contributed by atoms with van der Waals surface area (Å²) < 4.78 is 13.4. The molecule has 1 unspecified atom stereocenters. The molecule has 0 bridgehead atoms. The predicted molar refractivity (Wildman–Crippen MR) is 51.8 cm³/mol. The third kappa shape index (κ3) is 1.41. The molecule has 0 aromatic carbocycles. The second-order valence-corrected chi connectivity index (χ2v) is 4.26. The van der Waals surface area contributed by atoms with Gasteiger partial charge in [0, 0.05) is 17.2 Å². The Morgan fingerprint density at radius 2 is 2.29 bits per heavy atom. The molecule has 14 heavy (non-hydrogen) atoms. The smallest absolute Gasteiger partial charge is 0.216 e. The van der Waals surface area contributed by atoms with E-state index < -0.39 is 17.5 Å². The van der Waals surface area contributed by atoms with Crippen LogP contribution in [0.3, 0.4) is 0 Å². The number of pyridine rings is 1. The fraction of sp³-hybridized carbons (Fsp3) is 0.500. The van der Waals surface area contributed by atoms with Gasteiger partial charge in [-0.3, -0.25) is 0 Å². The van der Waals surface area contributed by atoms with Gasteiger partial charge in [0.15, 0.2) is 0 Å². The maximum Gasteiger partial charge on any atom is 0.216 e. The summed E-state index contributed by atoms with van der Waals surface area (Å²) in [5.74, 6) is -0.521. The lowest BCUT2D eigenvalue weighted by Crippen LogP contribution is -2.24. The van der Waals surface area contributed by atoms with Crippen molar-refractivity contribution in [1.82, 2.24) is 4.98 Å². The second kappa shape index (κ2) is 3.17. The van der Waals surface area contributed by atoms with E-state index in [4.69, 9.17) is 11.6 Å². The molecule has 4 heteroatoms. The van der Waals surface area contributed by atoms with Gasteiger partial charge in [0.1, 0.15) is 0 Å². The first-order valence-electron chi connectivity index (χ1n) is 4.56. The molecule has 1 fully saturated rings. The molecule has 1 aliphatic rings. The van der Waals surface area contributed by atoms with Crippen molar-refractivity contribution in [3.8, 4) is 0 Å². The molecule has 1 heterocycles. The van der Waals surface area contributed by atoms with E-state index in [-0.39, 0.29) is 0 Å². The average molecular weight is 216 g/mol. The van der Waals surface area contributed by atoms with Gasteiger partial charge in [-0.15, -0.1) is 0 Å². The van der Waals surface area contributed by atoms with E-state index in [1.807, 2.05) is 0 Å². The first-order chi connectivity index (χ1) is 6.56. The normalized spacial score (nSPS) is 20.6. The van der Waals surface area contributed by atoms with Gasteiger partial charge < -0.3 is 5.11 Å². The van der Waals surface area contributed by atoms with E-state index in [1.165, 1.54) is 6.20 Å². The fourth-order valence-electron chi connectivity index (χ4n) is 1.82. The Morgan fingerprint density at radius 1 is 1.64 bits per heavy atom. The van der Waals surface area contributed by atoms with Gasteiger partial charge >= 0.3 is 0 Å². The third-order valence-corrected chi connectivity index (χ3v) is 3.14. The molecular weight excluding hydrogens is 205 g/mol. The summed E-state index contributed by atoms with van der Waals surface area (Å²) in [7, 11) is 0. The minimum atomic E-state index is -0.558. The minimum Gasteiger partial charge on any atom is -0.392 e. The minimum absolute atomic E-state index is 0.410. The van der Waals surface area contributed by atoms with Crippen molar-refractivity contribution in [2.24, 2.45) is 0 Å². The number of hydrogen-bond donors (Lipinski definition) is 1. The van der Waals surface area contributed by atoms with Crippen LogP contribution in [0.2, 0.25) is 5.02 Å². The van der Waals surface area contributed by atoms with Crippen molar-refractivity contribution in [3.63, 3.8) is 0 Å². The molecule has 1 aliphatic carbocycles. The molecule has 0 aliphatic heterocycles. The van der Waals surface area contributed by atoms with Crippen LogP contribution in [0.25, 0.3) is 0 Å². The predicted octanol–water partition coefficient (Wildman–Crippen LogP) is 2.29. The summed E-state index contributed by atoms with van der Waals surface area (Å²) in [6.45, 7) is 1.67. The van der Waals surface area contributed by atoms with Crippen LogP contribution in [-0.2, 0) is 5.41 Å². The molecule has 1 saturated carbocycles. The lowest BCUT2D eigenvalue weighted by molar-refractivity contribution is 0.148. The van der Waals surface area contributed by atoms with Crippen molar-refractivity contribution in [2.75, 3.05) is 0 Å². The monoisotopic (exact) mass is 215 g/mol. The highest BCUT2D eigenvalue weighted by Crippen LogP contribution is 2.51. The topological polar surface area (TPSA) is 33.1 Å². The summed E-state index contributed by atoms with van der Waals surface area (Å²) in [5.41, 5.74) is 0.00197. The fourth-order valence-corrected chi connectivity index (χ4v) is 1.98. The molecule has 2 nitrogen and oxygen atoms in total. The van der Waals surface area contributed by atoms with Crippen LogP contribution in [0.1, 0.15) is 25.3 Å². The highest BCUT2D eigenvalue weighted by atomic mass is 35.5. The maximum atomic E-state index is 13.4. The number of nitrogens with zero attached hydrogens (tertiary/aromatic N) is 1. The Kier molecular flexibility index (Phi) is 2.24. The van der Waals surface area contributed by atoms with E-state index in [2.05, 4.69) is 4.98 Å². The van der Waals surface area contributed by atoms with E-state index in [0.29, 0.717) is 10.6 Å². The Morgan fingerprint density at radius 3 is 2.79 bits per heavy atom. The van der Waals surface area contributed by atoms with Gasteiger partial charge in [0.2, 0.25) is 5.95 Å². The Bertz CT molecular complexity index is 363. The van der Waals surface area contributed by atoms with Crippen LogP contribution in [0.15, 0.2) is 12.3 Å². The lowest BCUT2D eigenvalue weighted by Gasteiger charge is -2.19. The molecule has 76 valence electrons. The quantitative estimate of drug-likeness (QED) is 0.768. The van der Waals surface area contributed by atoms with E-state index in [1.54, 1.807) is 13.0 Å². The summed E-state index contributed by atoms with van der Waals surface area (Å²) in [6, 6.07) is 1.56. The number of aliphatic hydroxyl groups excluding tert-OH is 1. The third-order valence-electron chi connectivity index (χ3n) is 2.93. The molecule has 2 rings (SSSR count). The van der Waals surface area contributed by atoms with Gasteiger partial charge in [-0.25, -0.2) is 4.98 Å². The largest absolute Gasteiger partial charge is 0.392 e. The summed E-state index contributed by atoms with van der Waals surface area (Å²) in [5, 5.41) is 9.98. The standard InChI is InChI=1S/C10H11ClFNO/c1-6(14)10(2-3-10)8-4-7(11)5-13-9(8)12/h4-6,14H,2-3H2,1H3.